The van der Waals surface area contributed by atoms with Gasteiger partial charge in [0.1, 0.15) is 10.8 Å². The lowest BCUT2D eigenvalue weighted by atomic mass is 10.2. The highest BCUT2D eigenvalue weighted by molar-refractivity contribution is 7.99. The number of amides is 1. The van der Waals surface area contributed by atoms with Crippen LogP contribution in [-0.2, 0) is 11.0 Å². The third kappa shape index (κ3) is 4.31. The molecule has 3 rings (SSSR count). The lowest BCUT2D eigenvalue weighted by Gasteiger charge is -2.10. The van der Waals surface area contributed by atoms with Crippen LogP contribution in [0.25, 0.3) is 10.9 Å². The van der Waals surface area contributed by atoms with Gasteiger partial charge in [0.15, 0.2) is 5.82 Å². The van der Waals surface area contributed by atoms with Gasteiger partial charge in [0.05, 0.1) is 5.52 Å². The van der Waals surface area contributed by atoms with Gasteiger partial charge in [0.25, 0.3) is 0 Å². The first kappa shape index (κ1) is 18.2. The molecule has 0 aliphatic carbocycles. The minimum absolute atomic E-state index is 0.0796. The zero-order valence-corrected chi connectivity index (χ0v) is 14.3. The Morgan fingerprint density at radius 1 is 1.27 bits per heavy atom. The molecule has 0 bridgehead atoms. The number of aryl methyl sites for hydroxylation is 1. The number of para-hydroxylation sites is 1. The van der Waals surface area contributed by atoms with Crippen molar-refractivity contribution in [3.63, 3.8) is 0 Å². The van der Waals surface area contributed by atoms with E-state index < -0.39 is 12.0 Å². The molecule has 1 N–H and O–H groups in total. The fraction of sp³-hybridized carbons (Fsp3) is 0.250. The molecule has 0 saturated heterocycles. The maximum Gasteiger partial charge on any atom is 0.451 e. The number of alkyl halides is 3. The van der Waals surface area contributed by atoms with Crippen LogP contribution >= 0.6 is 11.8 Å². The molecular formula is C16H13F3N4O2S. The van der Waals surface area contributed by atoms with Crippen molar-refractivity contribution in [2.45, 2.75) is 24.5 Å². The Bertz CT molecular complexity index is 943. The number of carbonyl (C=O) groups is 1. The third-order valence-electron chi connectivity index (χ3n) is 3.29. The van der Waals surface area contributed by atoms with Crippen molar-refractivity contribution in [3.8, 4) is 0 Å². The molecule has 2 aromatic heterocycles. The summed E-state index contributed by atoms with van der Waals surface area (Å²) in [4.78, 5) is 19.1. The molecule has 10 heteroatoms. The number of benzene rings is 1. The summed E-state index contributed by atoms with van der Waals surface area (Å²) in [5.41, 5.74) is 0.208. The Morgan fingerprint density at radius 2 is 2.04 bits per heavy atom. The van der Waals surface area contributed by atoms with Gasteiger partial charge in [-0.15, -0.1) is 11.8 Å². The number of nitrogens with zero attached hydrogens (tertiary/aromatic N) is 3. The standard InChI is InChI=1S/C16H13F3N4O2S/c1-9-8-12(23-25-9)21-13(24)6-7-26-14-10-4-2-3-5-11(10)20-15(22-14)16(17,18)19/h2-5,8H,6-7H2,1H3,(H,21,23,24). The Morgan fingerprint density at radius 3 is 2.73 bits per heavy atom. The number of hydrogen-bond acceptors (Lipinski definition) is 6. The molecule has 0 unspecified atom stereocenters. The van der Waals surface area contributed by atoms with Gasteiger partial charge in [-0.25, -0.2) is 9.97 Å². The zero-order valence-electron chi connectivity index (χ0n) is 13.5. The summed E-state index contributed by atoms with van der Waals surface area (Å²) in [6.07, 6.45) is -4.56. The van der Waals surface area contributed by atoms with E-state index in [1.165, 1.54) is 6.07 Å². The first-order valence-corrected chi connectivity index (χ1v) is 8.51. The van der Waals surface area contributed by atoms with Crippen LogP contribution < -0.4 is 5.32 Å². The summed E-state index contributed by atoms with van der Waals surface area (Å²) in [6.45, 7) is 1.69. The number of anilines is 1. The maximum atomic E-state index is 13.0. The number of halogens is 3. The molecule has 1 amide bonds. The number of rotatable bonds is 5. The number of carbonyl (C=O) groups excluding carboxylic acids is 1. The Balaban J connectivity index is 1.70. The molecule has 0 aliphatic heterocycles. The first-order chi connectivity index (χ1) is 12.3. The molecule has 0 radical (unpaired) electrons. The van der Waals surface area contributed by atoms with Crippen LogP contribution in [0, 0.1) is 6.92 Å². The molecule has 0 fully saturated rings. The van der Waals surface area contributed by atoms with Crippen molar-refractivity contribution < 1.29 is 22.5 Å². The maximum absolute atomic E-state index is 13.0. The van der Waals surface area contributed by atoms with Crippen LogP contribution in [-0.4, -0.2) is 26.8 Å². The van der Waals surface area contributed by atoms with Crippen molar-refractivity contribution in [1.29, 1.82) is 0 Å². The minimum Gasteiger partial charge on any atom is -0.360 e. The summed E-state index contributed by atoms with van der Waals surface area (Å²) in [5.74, 6) is -0.409. The summed E-state index contributed by atoms with van der Waals surface area (Å²) >= 11 is 1.07. The normalized spacial score (nSPS) is 11.7. The highest BCUT2D eigenvalue weighted by Gasteiger charge is 2.35. The Hall–Kier alpha value is -2.62. The van der Waals surface area contributed by atoms with Crippen LogP contribution in [0.3, 0.4) is 0 Å². The lowest BCUT2D eigenvalue weighted by molar-refractivity contribution is -0.145. The molecule has 0 spiro atoms. The molecule has 2 heterocycles. The highest BCUT2D eigenvalue weighted by Crippen LogP contribution is 2.32. The lowest BCUT2D eigenvalue weighted by Crippen LogP contribution is -2.13. The van der Waals surface area contributed by atoms with Crippen molar-refractivity contribution in [2.24, 2.45) is 0 Å². The average Bonchev–Trinajstić information content (AvgIpc) is 2.98. The number of fused-ring (bicyclic) bond motifs is 1. The molecule has 26 heavy (non-hydrogen) atoms. The molecule has 136 valence electrons. The van der Waals surface area contributed by atoms with Gasteiger partial charge in [-0.2, -0.15) is 13.2 Å². The van der Waals surface area contributed by atoms with Crippen LogP contribution in [0.2, 0.25) is 0 Å². The van der Waals surface area contributed by atoms with Gasteiger partial charge in [0.2, 0.25) is 11.7 Å². The number of thioether (sulfide) groups is 1. The van der Waals surface area contributed by atoms with E-state index >= 15 is 0 Å². The summed E-state index contributed by atoms with van der Waals surface area (Å²) in [6, 6.07) is 8.02. The van der Waals surface area contributed by atoms with E-state index in [2.05, 4.69) is 20.4 Å². The van der Waals surface area contributed by atoms with Crippen LogP contribution in [0.5, 0.6) is 0 Å². The van der Waals surface area contributed by atoms with Crippen LogP contribution in [0.15, 0.2) is 39.9 Å². The molecule has 1 aromatic carbocycles. The second-order valence-corrected chi connectivity index (χ2v) is 6.42. The van der Waals surface area contributed by atoms with Crippen molar-refractivity contribution in [3.05, 3.63) is 41.9 Å². The second-order valence-electron chi connectivity index (χ2n) is 5.34. The average molecular weight is 382 g/mol. The van der Waals surface area contributed by atoms with Crippen molar-refractivity contribution in [1.82, 2.24) is 15.1 Å². The minimum atomic E-state index is -4.64. The van der Waals surface area contributed by atoms with E-state index in [1.54, 1.807) is 31.2 Å². The van der Waals surface area contributed by atoms with Gasteiger partial charge in [-0.05, 0) is 13.0 Å². The molecule has 0 aliphatic rings. The van der Waals surface area contributed by atoms with Crippen molar-refractivity contribution >= 4 is 34.4 Å². The SMILES string of the molecule is Cc1cc(NC(=O)CCSc2nc(C(F)(F)F)nc3ccccc23)no1. The topological polar surface area (TPSA) is 80.9 Å². The molecule has 0 atom stereocenters. The zero-order chi connectivity index (χ0) is 18.7. The molecule has 3 aromatic rings. The van der Waals surface area contributed by atoms with E-state index in [9.17, 15) is 18.0 Å². The van der Waals surface area contributed by atoms with Crippen LogP contribution in [0.4, 0.5) is 19.0 Å². The Kier molecular flexibility index (Phi) is 5.12. The smallest absolute Gasteiger partial charge is 0.360 e. The number of nitrogens with one attached hydrogen (secondary N) is 1. The largest absolute Gasteiger partial charge is 0.451 e. The summed E-state index contributed by atoms with van der Waals surface area (Å²) in [5, 5.41) is 6.89. The predicted octanol–water partition coefficient (Wildman–Crippen LogP) is 4.07. The number of hydrogen-bond donors (Lipinski definition) is 1. The highest BCUT2D eigenvalue weighted by atomic mass is 32.2. The van der Waals surface area contributed by atoms with Gasteiger partial charge in [-0.3, -0.25) is 4.79 Å². The van der Waals surface area contributed by atoms with E-state index in [0.29, 0.717) is 17.0 Å². The molecule has 6 nitrogen and oxygen atoms in total. The van der Waals surface area contributed by atoms with Gasteiger partial charge in [0, 0.05) is 23.6 Å². The molecular weight excluding hydrogens is 369 g/mol. The van der Waals surface area contributed by atoms with Gasteiger partial charge in [-0.1, -0.05) is 23.4 Å². The second kappa shape index (κ2) is 7.32. The van der Waals surface area contributed by atoms with E-state index in [4.69, 9.17) is 4.52 Å². The van der Waals surface area contributed by atoms with E-state index in [0.717, 1.165) is 11.8 Å². The summed E-state index contributed by atoms with van der Waals surface area (Å²) in [7, 11) is 0. The fourth-order valence-electron chi connectivity index (χ4n) is 2.16. The summed E-state index contributed by atoms with van der Waals surface area (Å²) < 4.78 is 43.8. The van der Waals surface area contributed by atoms with Gasteiger partial charge >= 0.3 is 6.18 Å². The van der Waals surface area contributed by atoms with E-state index in [1.807, 2.05) is 0 Å². The van der Waals surface area contributed by atoms with E-state index in [-0.39, 0.29) is 28.6 Å². The third-order valence-corrected chi connectivity index (χ3v) is 4.28. The number of aromatic nitrogens is 3. The fourth-order valence-corrected chi connectivity index (χ4v) is 3.12. The first-order valence-electron chi connectivity index (χ1n) is 7.53. The van der Waals surface area contributed by atoms with Gasteiger partial charge < -0.3 is 9.84 Å². The quantitative estimate of drug-likeness (QED) is 0.529. The van der Waals surface area contributed by atoms with Crippen LogP contribution in [0.1, 0.15) is 18.0 Å². The predicted molar refractivity (Wildman–Crippen MR) is 89.8 cm³/mol. The Labute approximate surface area is 150 Å². The molecule has 0 saturated carbocycles. The monoisotopic (exact) mass is 382 g/mol. The van der Waals surface area contributed by atoms with Crippen molar-refractivity contribution in [2.75, 3.05) is 11.1 Å².